The Hall–Kier alpha value is -0.690. The minimum Gasteiger partial charge on any atom is -0.120 e. The molecule has 0 spiro atoms. The maximum Gasteiger partial charge on any atom is 1.00 e. The Labute approximate surface area is 165 Å². The summed E-state index contributed by atoms with van der Waals surface area (Å²) < 4.78 is 0. The average Bonchev–Trinajstić information content (AvgIpc) is 2.59. The van der Waals surface area contributed by atoms with Crippen LogP contribution in [-0.4, -0.2) is 0 Å². The quantitative estimate of drug-likeness (QED) is 0.489. The fraction of sp³-hybridized carbons (Fsp3) is 0.409. The van der Waals surface area contributed by atoms with Crippen LogP contribution < -0.4 is 29.6 Å². The largest absolute Gasteiger partial charge is 1.00 e. The fourth-order valence-corrected chi connectivity index (χ4v) is 3.13. The van der Waals surface area contributed by atoms with Crippen molar-refractivity contribution in [2.75, 3.05) is 0 Å². The van der Waals surface area contributed by atoms with E-state index in [2.05, 4.69) is 74.5 Å². The maximum absolute atomic E-state index is 2.34. The van der Waals surface area contributed by atoms with Crippen LogP contribution >= 0.6 is 0 Å². The molecule has 0 aliphatic carbocycles. The van der Waals surface area contributed by atoms with E-state index in [1.165, 1.54) is 55.6 Å². The van der Waals surface area contributed by atoms with Gasteiger partial charge >= 0.3 is 29.6 Å². The Morgan fingerprint density at radius 3 is 1.74 bits per heavy atom. The van der Waals surface area contributed by atoms with Crippen LogP contribution in [0.4, 0.5) is 0 Å². The summed E-state index contributed by atoms with van der Waals surface area (Å²) in [5.74, 6) is 2.36. The standard InChI is InChI=1S/C22H29.Na/c1-3-5-12-19(4-2)17-18-22(20-13-8-6-9-14-20)21-15-10-7-11-16-21;/h6-11,13-16,19H,3-5,12,17-18H2,1-2H3;/q-1;+1. The van der Waals surface area contributed by atoms with E-state index in [1.54, 1.807) is 0 Å². The van der Waals surface area contributed by atoms with E-state index < -0.39 is 0 Å². The van der Waals surface area contributed by atoms with Gasteiger partial charge in [0.25, 0.3) is 0 Å². The van der Waals surface area contributed by atoms with Gasteiger partial charge in [0.2, 0.25) is 0 Å². The molecule has 0 aliphatic rings. The van der Waals surface area contributed by atoms with E-state index >= 15 is 0 Å². The third-order valence-corrected chi connectivity index (χ3v) is 4.59. The van der Waals surface area contributed by atoms with E-state index in [0.717, 1.165) is 5.92 Å². The Morgan fingerprint density at radius 1 is 0.783 bits per heavy atom. The Morgan fingerprint density at radius 2 is 1.30 bits per heavy atom. The molecule has 2 aromatic carbocycles. The molecule has 0 saturated carbocycles. The van der Waals surface area contributed by atoms with Crippen LogP contribution in [-0.2, 0) is 0 Å². The van der Waals surface area contributed by atoms with Gasteiger partial charge in [-0.1, -0.05) is 88.8 Å². The summed E-state index contributed by atoms with van der Waals surface area (Å²) in [6, 6.07) is 21.8. The SMILES string of the molecule is CCCCC(CC)CC[C-](c1ccccc1)c1ccccc1.[Na+]. The third-order valence-electron chi connectivity index (χ3n) is 4.59. The normalized spacial score (nSPS) is 11.6. The third kappa shape index (κ3) is 6.75. The molecular formula is C22H29Na. The van der Waals surface area contributed by atoms with Gasteiger partial charge in [-0.2, -0.15) is 0 Å². The first-order valence-corrected chi connectivity index (χ1v) is 8.81. The van der Waals surface area contributed by atoms with Crippen LogP contribution in [0, 0.1) is 11.8 Å². The molecule has 2 aromatic rings. The molecule has 0 aromatic heterocycles. The van der Waals surface area contributed by atoms with Crippen LogP contribution in [0.2, 0.25) is 0 Å². The molecule has 0 amide bonds. The van der Waals surface area contributed by atoms with E-state index in [4.69, 9.17) is 0 Å². The van der Waals surface area contributed by atoms with Crippen molar-refractivity contribution in [2.45, 2.75) is 52.4 Å². The summed E-state index contributed by atoms with van der Waals surface area (Å²) in [6.07, 6.45) is 7.83. The van der Waals surface area contributed by atoms with Gasteiger partial charge in [0.1, 0.15) is 0 Å². The van der Waals surface area contributed by atoms with E-state index in [-0.39, 0.29) is 29.6 Å². The minimum atomic E-state index is 0. The predicted octanol–water partition coefficient (Wildman–Crippen LogP) is 3.66. The molecule has 0 radical (unpaired) electrons. The molecule has 23 heavy (non-hydrogen) atoms. The molecule has 0 aliphatic heterocycles. The molecule has 2 rings (SSSR count). The molecule has 0 fully saturated rings. The van der Waals surface area contributed by atoms with Gasteiger partial charge in [0, 0.05) is 0 Å². The second kappa shape index (κ2) is 11.8. The van der Waals surface area contributed by atoms with Crippen LogP contribution in [0.15, 0.2) is 60.7 Å². The topological polar surface area (TPSA) is 0 Å². The Balaban J connectivity index is 0.00000264. The molecule has 0 N–H and O–H groups in total. The molecule has 0 nitrogen and oxygen atoms in total. The van der Waals surface area contributed by atoms with Gasteiger partial charge in [-0.15, -0.1) is 41.3 Å². The summed E-state index contributed by atoms with van der Waals surface area (Å²) in [5.41, 5.74) is 2.75. The van der Waals surface area contributed by atoms with Crippen molar-refractivity contribution < 1.29 is 29.6 Å². The van der Waals surface area contributed by atoms with Crippen molar-refractivity contribution in [3.05, 3.63) is 77.7 Å². The molecule has 0 heterocycles. The summed E-state index contributed by atoms with van der Waals surface area (Å²) in [7, 11) is 0. The van der Waals surface area contributed by atoms with Gasteiger partial charge in [-0.05, 0) is 5.92 Å². The van der Waals surface area contributed by atoms with Gasteiger partial charge in [0.15, 0.2) is 0 Å². The van der Waals surface area contributed by atoms with Crippen molar-refractivity contribution in [1.82, 2.24) is 0 Å². The number of rotatable bonds is 9. The molecule has 1 heteroatoms. The van der Waals surface area contributed by atoms with Gasteiger partial charge in [0.05, 0.1) is 0 Å². The monoisotopic (exact) mass is 316 g/mol. The molecule has 1 unspecified atom stereocenters. The van der Waals surface area contributed by atoms with Crippen molar-refractivity contribution in [3.8, 4) is 0 Å². The first-order chi connectivity index (χ1) is 10.8. The van der Waals surface area contributed by atoms with Crippen molar-refractivity contribution in [3.63, 3.8) is 0 Å². The zero-order valence-corrected chi connectivity index (χ0v) is 17.1. The molecule has 1 atom stereocenters. The summed E-state index contributed by atoms with van der Waals surface area (Å²) in [6.45, 7) is 4.63. The number of hydrogen-bond donors (Lipinski definition) is 0. The zero-order chi connectivity index (χ0) is 15.6. The molecule has 0 bridgehead atoms. The van der Waals surface area contributed by atoms with Crippen molar-refractivity contribution >= 4 is 0 Å². The minimum absolute atomic E-state index is 0. The van der Waals surface area contributed by atoms with Crippen LogP contribution in [0.1, 0.15) is 63.5 Å². The first-order valence-electron chi connectivity index (χ1n) is 8.81. The van der Waals surface area contributed by atoms with E-state index in [0.29, 0.717) is 0 Å². The molecule has 118 valence electrons. The van der Waals surface area contributed by atoms with Crippen LogP contribution in [0.3, 0.4) is 0 Å². The van der Waals surface area contributed by atoms with Gasteiger partial charge in [-0.25, -0.2) is 0 Å². The number of unbranched alkanes of at least 4 members (excludes halogenated alkanes) is 1. The summed E-state index contributed by atoms with van der Waals surface area (Å²) in [4.78, 5) is 0. The summed E-state index contributed by atoms with van der Waals surface area (Å²) in [5, 5.41) is 0. The molecule has 0 saturated heterocycles. The van der Waals surface area contributed by atoms with Crippen LogP contribution in [0.25, 0.3) is 0 Å². The second-order valence-corrected chi connectivity index (χ2v) is 6.17. The van der Waals surface area contributed by atoms with Crippen LogP contribution in [0.5, 0.6) is 0 Å². The first kappa shape index (κ1) is 20.4. The molecular weight excluding hydrogens is 287 g/mol. The van der Waals surface area contributed by atoms with Crippen molar-refractivity contribution in [1.29, 1.82) is 0 Å². The van der Waals surface area contributed by atoms with Gasteiger partial charge < -0.3 is 0 Å². The summed E-state index contributed by atoms with van der Waals surface area (Å²) >= 11 is 0. The zero-order valence-electron chi connectivity index (χ0n) is 15.1. The number of benzene rings is 2. The van der Waals surface area contributed by atoms with E-state index in [1.807, 2.05) is 0 Å². The average molecular weight is 316 g/mol. The number of hydrogen-bond acceptors (Lipinski definition) is 0. The smallest absolute Gasteiger partial charge is 0.120 e. The van der Waals surface area contributed by atoms with Crippen molar-refractivity contribution in [2.24, 2.45) is 5.92 Å². The fourth-order valence-electron chi connectivity index (χ4n) is 3.13. The Bertz CT molecular complexity index is 467. The van der Waals surface area contributed by atoms with E-state index in [9.17, 15) is 0 Å². The predicted molar refractivity (Wildman–Crippen MR) is 96.9 cm³/mol. The Kier molecular flexibility index (Phi) is 10.4. The van der Waals surface area contributed by atoms with Gasteiger partial charge in [-0.3, -0.25) is 0 Å². The maximum atomic E-state index is 2.34. The second-order valence-electron chi connectivity index (χ2n) is 6.17.